The summed E-state index contributed by atoms with van der Waals surface area (Å²) in [6, 6.07) is 3.93. The summed E-state index contributed by atoms with van der Waals surface area (Å²) in [4.78, 5) is 9.99. The van der Waals surface area contributed by atoms with Crippen LogP contribution >= 0.6 is 12.4 Å². The van der Waals surface area contributed by atoms with Gasteiger partial charge in [-0.25, -0.2) is 13.1 Å². The zero-order chi connectivity index (χ0) is 14.9. The van der Waals surface area contributed by atoms with Gasteiger partial charge in [-0.05, 0) is 31.2 Å². The summed E-state index contributed by atoms with van der Waals surface area (Å²) < 4.78 is 26.9. The van der Waals surface area contributed by atoms with E-state index in [2.05, 4.69) is 4.72 Å². The summed E-state index contributed by atoms with van der Waals surface area (Å²) in [6.07, 6.45) is 2.01. The predicted octanol–water partition coefficient (Wildman–Crippen LogP) is 1.34. The summed E-state index contributed by atoms with van der Waals surface area (Å²) in [5.74, 6) is 0.351. The normalized spacial score (nSPS) is 16.1. The van der Waals surface area contributed by atoms with Crippen LogP contribution in [0.2, 0.25) is 0 Å². The highest BCUT2D eigenvalue weighted by molar-refractivity contribution is 7.89. The quantitative estimate of drug-likeness (QED) is 0.601. The lowest BCUT2D eigenvalue weighted by Gasteiger charge is -2.13. The van der Waals surface area contributed by atoms with Crippen molar-refractivity contribution in [3.63, 3.8) is 0 Å². The van der Waals surface area contributed by atoms with E-state index in [0.717, 1.165) is 12.8 Å². The number of sulfonamides is 1. The second-order valence-corrected chi connectivity index (χ2v) is 6.74. The van der Waals surface area contributed by atoms with Crippen LogP contribution in [0.5, 0.6) is 0 Å². The third kappa shape index (κ3) is 4.13. The Bertz CT molecular complexity index is 631. The minimum atomic E-state index is -3.94. The first-order valence-electron chi connectivity index (χ1n) is 6.32. The van der Waals surface area contributed by atoms with Gasteiger partial charge in [-0.1, -0.05) is 12.1 Å². The molecule has 7 nitrogen and oxygen atoms in total. The number of nitrogens with zero attached hydrogens (tertiary/aromatic N) is 1. The van der Waals surface area contributed by atoms with Crippen molar-refractivity contribution >= 4 is 28.1 Å². The Hall–Kier alpha value is -1.22. The summed E-state index contributed by atoms with van der Waals surface area (Å²) in [5.41, 5.74) is 5.76. The maximum Gasteiger partial charge on any atom is 0.289 e. The molecular formula is C12H18ClN3O4S. The highest BCUT2D eigenvalue weighted by Crippen LogP contribution is 2.32. The van der Waals surface area contributed by atoms with Gasteiger partial charge in [0.2, 0.25) is 10.0 Å². The number of nitrogens with one attached hydrogen (secondary N) is 1. The molecule has 1 fully saturated rings. The number of rotatable bonds is 6. The van der Waals surface area contributed by atoms with Crippen molar-refractivity contribution < 1.29 is 13.3 Å². The Labute approximate surface area is 129 Å². The Balaban J connectivity index is 0.00000220. The largest absolute Gasteiger partial charge is 0.326 e. The molecule has 0 aromatic heterocycles. The van der Waals surface area contributed by atoms with Crippen molar-refractivity contribution in [1.82, 2.24) is 4.72 Å². The molecule has 1 aromatic rings. The van der Waals surface area contributed by atoms with E-state index >= 15 is 0 Å². The SMILES string of the molecule is Cc1cccc([N+](=O)[O-])c1S(=O)(=O)NCC(N)C1CC1.Cl. The van der Waals surface area contributed by atoms with Crippen molar-refractivity contribution in [3.8, 4) is 0 Å². The van der Waals surface area contributed by atoms with Crippen LogP contribution in [0, 0.1) is 23.0 Å². The standard InChI is InChI=1S/C12H17N3O4S.ClH/c1-8-3-2-4-11(15(16)17)12(8)20(18,19)14-7-10(13)9-5-6-9;/h2-4,9-10,14H,5-7,13H2,1H3;1H. The highest BCUT2D eigenvalue weighted by atomic mass is 35.5. The molecule has 0 amide bonds. The van der Waals surface area contributed by atoms with E-state index in [1.807, 2.05) is 0 Å². The minimum absolute atomic E-state index is 0. The van der Waals surface area contributed by atoms with Crippen LogP contribution < -0.4 is 10.5 Å². The van der Waals surface area contributed by atoms with Crippen LogP contribution in [-0.4, -0.2) is 25.9 Å². The Kier molecular flexibility index (Phi) is 5.68. The van der Waals surface area contributed by atoms with Crippen molar-refractivity contribution in [1.29, 1.82) is 0 Å². The van der Waals surface area contributed by atoms with E-state index in [1.54, 1.807) is 0 Å². The van der Waals surface area contributed by atoms with E-state index in [9.17, 15) is 18.5 Å². The fraction of sp³-hybridized carbons (Fsp3) is 0.500. The molecule has 1 unspecified atom stereocenters. The molecule has 1 aliphatic rings. The fourth-order valence-electron chi connectivity index (χ4n) is 2.10. The predicted molar refractivity (Wildman–Crippen MR) is 81.0 cm³/mol. The summed E-state index contributed by atoms with van der Waals surface area (Å²) in [7, 11) is -3.94. The third-order valence-corrected chi connectivity index (χ3v) is 5.01. The van der Waals surface area contributed by atoms with Gasteiger partial charge in [0.1, 0.15) is 0 Å². The first-order chi connectivity index (χ1) is 9.33. The number of aryl methyl sites for hydroxylation is 1. The summed E-state index contributed by atoms with van der Waals surface area (Å²) in [6.45, 7) is 1.63. The summed E-state index contributed by atoms with van der Waals surface area (Å²) >= 11 is 0. The molecule has 0 bridgehead atoms. The highest BCUT2D eigenvalue weighted by Gasteiger charge is 2.32. The molecule has 0 heterocycles. The molecule has 1 atom stereocenters. The van der Waals surface area contributed by atoms with Gasteiger partial charge in [-0.15, -0.1) is 12.4 Å². The van der Waals surface area contributed by atoms with Crippen LogP contribution in [0.3, 0.4) is 0 Å². The minimum Gasteiger partial charge on any atom is -0.326 e. The molecule has 1 aromatic carbocycles. The molecule has 21 heavy (non-hydrogen) atoms. The first kappa shape index (κ1) is 17.8. The third-order valence-electron chi connectivity index (χ3n) is 3.39. The van der Waals surface area contributed by atoms with Gasteiger partial charge >= 0.3 is 0 Å². The molecule has 1 saturated carbocycles. The van der Waals surface area contributed by atoms with Crippen molar-refractivity contribution in [2.75, 3.05) is 6.54 Å². The molecular weight excluding hydrogens is 318 g/mol. The van der Waals surface area contributed by atoms with Crippen molar-refractivity contribution in [2.45, 2.75) is 30.7 Å². The van der Waals surface area contributed by atoms with Gasteiger partial charge < -0.3 is 5.73 Å². The topological polar surface area (TPSA) is 115 Å². The zero-order valence-corrected chi connectivity index (χ0v) is 13.1. The number of nitro groups is 1. The molecule has 9 heteroatoms. The lowest BCUT2D eigenvalue weighted by atomic mass is 10.2. The van der Waals surface area contributed by atoms with E-state index in [4.69, 9.17) is 5.73 Å². The van der Waals surface area contributed by atoms with Crippen LogP contribution in [-0.2, 0) is 10.0 Å². The van der Waals surface area contributed by atoms with Gasteiger partial charge in [0.15, 0.2) is 4.90 Å². The average Bonchev–Trinajstić information content (AvgIpc) is 3.19. The molecule has 0 aliphatic heterocycles. The van der Waals surface area contributed by atoms with Gasteiger partial charge in [0, 0.05) is 18.7 Å². The summed E-state index contributed by atoms with van der Waals surface area (Å²) in [5, 5.41) is 11.0. The number of hydrogen-bond acceptors (Lipinski definition) is 5. The second-order valence-electron chi connectivity index (χ2n) is 5.03. The van der Waals surface area contributed by atoms with E-state index in [1.165, 1.54) is 25.1 Å². The molecule has 0 saturated heterocycles. The molecule has 3 N–H and O–H groups in total. The number of nitro benzene ring substituents is 1. The number of halogens is 1. The van der Waals surface area contributed by atoms with Gasteiger partial charge in [0.05, 0.1) is 4.92 Å². The number of benzene rings is 1. The van der Waals surface area contributed by atoms with Gasteiger partial charge in [-0.3, -0.25) is 10.1 Å². The van der Waals surface area contributed by atoms with Crippen LogP contribution in [0.25, 0.3) is 0 Å². The fourth-order valence-corrected chi connectivity index (χ4v) is 3.57. The lowest BCUT2D eigenvalue weighted by molar-refractivity contribution is -0.387. The molecule has 0 radical (unpaired) electrons. The Morgan fingerprint density at radius 3 is 2.62 bits per heavy atom. The Morgan fingerprint density at radius 1 is 1.48 bits per heavy atom. The van der Waals surface area contributed by atoms with E-state index in [-0.39, 0.29) is 29.9 Å². The zero-order valence-electron chi connectivity index (χ0n) is 11.5. The first-order valence-corrected chi connectivity index (χ1v) is 7.80. The van der Waals surface area contributed by atoms with Gasteiger partial charge in [0.25, 0.3) is 5.69 Å². The molecule has 2 rings (SSSR count). The van der Waals surface area contributed by atoms with Crippen LogP contribution in [0.15, 0.2) is 23.1 Å². The van der Waals surface area contributed by atoms with Gasteiger partial charge in [-0.2, -0.15) is 0 Å². The van der Waals surface area contributed by atoms with Crippen molar-refractivity contribution in [3.05, 3.63) is 33.9 Å². The number of nitrogens with two attached hydrogens (primary N) is 1. The smallest absolute Gasteiger partial charge is 0.289 e. The molecule has 118 valence electrons. The Morgan fingerprint density at radius 2 is 2.10 bits per heavy atom. The average molecular weight is 336 g/mol. The maximum atomic E-state index is 12.3. The van der Waals surface area contributed by atoms with E-state index < -0.39 is 20.6 Å². The molecule has 0 spiro atoms. The second kappa shape index (κ2) is 6.69. The molecule has 1 aliphatic carbocycles. The monoisotopic (exact) mass is 335 g/mol. The van der Waals surface area contributed by atoms with Crippen molar-refractivity contribution in [2.24, 2.45) is 11.7 Å². The van der Waals surface area contributed by atoms with E-state index in [0.29, 0.717) is 11.5 Å². The lowest BCUT2D eigenvalue weighted by Crippen LogP contribution is -2.38. The van der Waals surface area contributed by atoms with Crippen LogP contribution in [0.1, 0.15) is 18.4 Å². The maximum absolute atomic E-state index is 12.3. The number of hydrogen-bond donors (Lipinski definition) is 2. The van der Waals surface area contributed by atoms with Crippen LogP contribution in [0.4, 0.5) is 5.69 Å².